The van der Waals surface area contributed by atoms with Crippen molar-refractivity contribution in [2.75, 3.05) is 0 Å². The van der Waals surface area contributed by atoms with Crippen molar-refractivity contribution in [2.45, 2.75) is 19.4 Å². The second-order valence-electron chi connectivity index (χ2n) is 5.16. The molecule has 0 unspecified atom stereocenters. The van der Waals surface area contributed by atoms with Crippen molar-refractivity contribution in [3.63, 3.8) is 0 Å². The zero-order chi connectivity index (χ0) is 16.1. The summed E-state index contributed by atoms with van der Waals surface area (Å²) < 4.78 is 0. The Morgan fingerprint density at radius 3 is 2.59 bits per heavy atom. The number of amides is 1. The fourth-order valence-corrected chi connectivity index (χ4v) is 2.29. The number of rotatable bonds is 5. The minimum Gasteiger partial charge on any atom is -0.480 e. The number of carbonyl (C=O) groups is 2. The topological polar surface area (TPSA) is 90.2 Å². The van der Waals surface area contributed by atoms with E-state index < -0.39 is 23.8 Å². The van der Waals surface area contributed by atoms with E-state index in [1.54, 1.807) is 19.1 Å². The number of hydrogen-bond acceptors (Lipinski definition) is 3. The van der Waals surface area contributed by atoms with Gasteiger partial charge in [-0.2, -0.15) is 5.26 Å². The van der Waals surface area contributed by atoms with Gasteiger partial charge in [0.25, 0.3) is 5.91 Å². The smallest absolute Gasteiger partial charge is 0.326 e. The summed E-state index contributed by atoms with van der Waals surface area (Å²) in [7, 11) is 0. The van der Waals surface area contributed by atoms with Gasteiger partial charge < -0.3 is 10.4 Å². The number of benzene rings is 2. The van der Waals surface area contributed by atoms with Crippen LogP contribution in [0.3, 0.4) is 0 Å². The van der Waals surface area contributed by atoms with Crippen LogP contribution >= 0.6 is 0 Å². The van der Waals surface area contributed by atoms with Crippen LogP contribution in [0.15, 0.2) is 42.5 Å². The first kappa shape index (κ1) is 15.5. The molecule has 2 rings (SSSR count). The molecule has 0 saturated heterocycles. The number of nitrogens with zero attached hydrogens (tertiary/aromatic N) is 1. The second kappa shape index (κ2) is 6.72. The normalized spacial score (nSPS) is 13.1. The average molecular weight is 296 g/mol. The van der Waals surface area contributed by atoms with Crippen LogP contribution in [-0.4, -0.2) is 23.0 Å². The predicted molar refractivity (Wildman–Crippen MR) is 82.2 cm³/mol. The van der Waals surface area contributed by atoms with Crippen molar-refractivity contribution < 1.29 is 14.7 Å². The lowest BCUT2D eigenvalue weighted by atomic mass is 10.0. The number of hydrogen-bond donors (Lipinski definition) is 2. The van der Waals surface area contributed by atoms with Crippen molar-refractivity contribution >= 4 is 22.6 Å². The molecule has 0 aliphatic rings. The number of carboxylic acid groups (broad SMARTS) is 1. The third kappa shape index (κ3) is 3.41. The summed E-state index contributed by atoms with van der Waals surface area (Å²) in [6, 6.07) is 13.6. The fraction of sp³-hybridized carbons (Fsp3) is 0.235. The highest BCUT2D eigenvalue weighted by Crippen LogP contribution is 2.18. The van der Waals surface area contributed by atoms with Gasteiger partial charge in [-0.25, -0.2) is 4.79 Å². The molecule has 0 saturated carbocycles. The molecule has 2 aromatic carbocycles. The summed E-state index contributed by atoms with van der Waals surface area (Å²) in [4.78, 5) is 23.6. The van der Waals surface area contributed by atoms with E-state index in [1.165, 1.54) is 0 Å². The van der Waals surface area contributed by atoms with Gasteiger partial charge in [-0.1, -0.05) is 36.4 Å². The lowest BCUT2D eigenvalue weighted by Gasteiger charge is -2.16. The Morgan fingerprint density at radius 1 is 1.23 bits per heavy atom. The summed E-state index contributed by atoms with van der Waals surface area (Å²) in [5.41, 5.74) is 0.425. The van der Waals surface area contributed by atoms with Gasteiger partial charge in [-0.15, -0.1) is 0 Å². The van der Waals surface area contributed by atoms with E-state index >= 15 is 0 Å². The van der Waals surface area contributed by atoms with E-state index in [0.29, 0.717) is 5.56 Å². The maximum Gasteiger partial charge on any atom is 0.326 e. The summed E-state index contributed by atoms with van der Waals surface area (Å²) in [5.74, 6) is -2.04. The van der Waals surface area contributed by atoms with Crippen LogP contribution in [-0.2, 0) is 4.79 Å². The van der Waals surface area contributed by atoms with E-state index in [1.807, 2.05) is 36.4 Å². The Morgan fingerprint density at radius 2 is 1.91 bits per heavy atom. The second-order valence-corrected chi connectivity index (χ2v) is 5.16. The fourth-order valence-electron chi connectivity index (χ4n) is 2.29. The molecular formula is C17H16N2O3. The molecular weight excluding hydrogens is 280 g/mol. The maximum atomic E-state index is 12.4. The highest BCUT2D eigenvalue weighted by Gasteiger charge is 2.23. The van der Waals surface area contributed by atoms with Crippen LogP contribution in [0.5, 0.6) is 0 Å². The van der Waals surface area contributed by atoms with E-state index in [-0.39, 0.29) is 6.42 Å². The molecule has 0 aliphatic heterocycles. The molecule has 0 fully saturated rings. The SMILES string of the molecule is C[C@@H](C#N)C[C@H](NC(=O)c1cccc2ccccc12)C(=O)O. The molecule has 1 amide bonds. The largest absolute Gasteiger partial charge is 0.480 e. The van der Waals surface area contributed by atoms with E-state index in [0.717, 1.165) is 10.8 Å². The minimum atomic E-state index is -1.14. The summed E-state index contributed by atoms with van der Waals surface area (Å²) in [6.45, 7) is 1.63. The third-order valence-electron chi connectivity index (χ3n) is 3.45. The zero-order valence-electron chi connectivity index (χ0n) is 12.1. The minimum absolute atomic E-state index is 0.0718. The van der Waals surface area contributed by atoms with Crippen LogP contribution in [0.4, 0.5) is 0 Å². The standard InChI is InChI=1S/C17H16N2O3/c1-11(10-18)9-15(17(21)22)19-16(20)14-8-4-6-12-5-2-3-7-13(12)14/h2-8,11,15H,9H2,1H3,(H,19,20)(H,21,22)/t11-,15+/m1/s1. The first-order valence-corrected chi connectivity index (χ1v) is 6.94. The van der Waals surface area contributed by atoms with Gasteiger partial charge in [0.2, 0.25) is 0 Å². The van der Waals surface area contributed by atoms with Crippen LogP contribution in [0.25, 0.3) is 10.8 Å². The van der Waals surface area contributed by atoms with Gasteiger partial charge in [0.05, 0.1) is 6.07 Å². The van der Waals surface area contributed by atoms with Gasteiger partial charge in [0.15, 0.2) is 0 Å². The van der Waals surface area contributed by atoms with Crippen molar-refractivity contribution in [1.82, 2.24) is 5.32 Å². The zero-order valence-corrected chi connectivity index (χ0v) is 12.1. The number of fused-ring (bicyclic) bond motifs is 1. The molecule has 5 nitrogen and oxygen atoms in total. The van der Waals surface area contributed by atoms with E-state index in [2.05, 4.69) is 5.32 Å². The van der Waals surface area contributed by atoms with Crippen molar-refractivity contribution in [3.8, 4) is 6.07 Å². The molecule has 0 radical (unpaired) electrons. The molecule has 0 bridgehead atoms. The van der Waals surface area contributed by atoms with Crippen molar-refractivity contribution in [3.05, 3.63) is 48.0 Å². The van der Waals surface area contributed by atoms with Crippen LogP contribution in [0, 0.1) is 17.2 Å². The summed E-state index contributed by atoms with van der Waals surface area (Å²) in [6.07, 6.45) is 0.0718. The van der Waals surface area contributed by atoms with Crippen LogP contribution in [0.2, 0.25) is 0 Å². The molecule has 5 heteroatoms. The quantitative estimate of drug-likeness (QED) is 0.887. The van der Waals surface area contributed by atoms with Gasteiger partial charge in [-0.3, -0.25) is 4.79 Å². The van der Waals surface area contributed by atoms with Crippen molar-refractivity contribution in [2.24, 2.45) is 5.92 Å². The molecule has 22 heavy (non-hydrogen) atoms. The van der Waals surface area contributed by atoms with E-state index in [4.69, 9.17) is 5.26 Å². The first-order chi connectivity index (χ1) is 10.5. The van der Waals surface area contributed by atoms with E-state index in [9.17, 15) is 14.7 Å². The van der Waals surface area contributed by atoms with Gasteiger partial charge in [-0.05, 0) is 30.2 Å². The Balaban J connectivity index is 2.26. The maximum absolute atomic E-state index is 12.4. The van der Waals surface area contributed by atoms with Gasteiger partial charge >= 0.3 is 5.97 Å². The molecule has 0 spiro atoms. The highest BCUT2D eigenvalue weighted by molar-refractivity contribution is 6.07. The van der Waals surface area contributed by atoms with Gasteiger partial charge in [0, 0.05) is 11.5 Å². The van der Waals surface area contributed by atoms with Crippen LogP contribution < -0.4 is 5.32 Å². The van der Waals surface area contributed by atoms with Gasteiger partial charge in [0.1, 0.15) is 6.04 Å². The Labute approximate surface area is 128 Å². The molecule has 2 N–H and O–H groups in total. The monoisotopic (exact) mass is 296 g/mol. The lowest BCUT2D eigenvalue weighted by Crippen LogP contribution is -2.41. The highest BCUT2D eigenvalue weighted by atomic mass is 16.4. The molecule has 2 aromatic rings. The molecule has 0 heterocycles. The number of aliphatic carboxylic acids is 1. The average Bonchev–Trinajstić information content (AvgIpc) is 2.53. The molecule has 0 aliphatic carbocycles. The number of nitriles is 1. The summed E-state index contributed by atoms with van der Waals surface area (Å²) >= 11 is 0. The Bertz CT molecular complexity index is 744. The lowest BCUT2D eigenvalue weighted by molar-refractivity contribution is -0.139. The molecule has 112 valence electrons. The predicted octanol–water partition coefficient (Wildman–Crippen LogP) is 2.57. The Hall–Kier alpha value is -2.87. The first-order valence-electron chi connectivity index (χ1n) is 6.94. The number of nitrogens with one attached hydrogen (secondary N) is 1. The number of carbonyl (C=O) groups excluding carboxylic acids is 1. The molecule has 0 aromatic heterocycles. The molecule has 2 atom stereocenters. The summed E-state index contributed by atoms with van der Waals surface area (Å²) in [5, 5.41) is 22.2. The van der Waals surface area contributed by atoms with Crippen LogP contribution in [0.1, 0.15) is 23.7 Å². The number of carboxylic acids is 1. The third-order valence-corrected chi connectivity index (χ3v) is 3.45. The van der Waals surface area contributed by atoms with Crippen molar-refractivity contribution in [1.29, 1.82) is 5.26 Å². The Kier molecular flexibility index (Phi) is 4.74.